The van der Waals surface area contributed by atoms with Crippen molar-refractivity contribution in [3.8, 4) is 5.75 Å². The van der Waals surface area contributed by atoms with Gasteiger partial charge in [0.2, 0.25) is 0 Å². The van der Waals surface area contributed by atoms with Crippen LogP contribution in [0.25, 0.3) is 0 Å². The van der Waals surface area contributed by atoms with Gasteiger partial charge >= 0.3 is 0 Å². The lowest BCUT2D eigenvalue weighted by atomic mass is 10.1. The molecule has 0 radical (unpaired) electrons. The highest BCUT2D eigenvalue weighted by atomic mass is 79.9. The van der Waals surface area contributed by atoms with Crippen LogP contribution in [0.1, 0.15) is 5.56 Å². The molecule has 0 saturated carbocycles. The molecule has 3 heteroatoms. The number of ether oxygens (including phenoxy) is 1. The Hall–Kier alpha value is -0.700. The Labute approximate surface area is 76.1 Å². The molecule has 2 N–H and O–H groups in total. The highest BCUT2D eigenvalue weighted by molar-refractivity contribution is 8.93. The van der Waals surface area contributed by atoms with Gasteiger partial charge in [0.05, 0.1) is 6.61 Å². The molecule has 1 aliphatic heterocycles. The topological polar surface area (TPSA) is 35.2 Å². The van der Waals surface area contributed by atoms with E-state index in [9.17, 15) is 0 Å². The third-order valence-electron chi connectivity index (χ3n) is 1.78. The lowest BCUT2D eigenvalue weighted by Crippen LogP contribution is -1.89. The Morgan fingerprint density at radius 3 is 2.91 bits per heavy atom. The summed E-state index contributed by atoms with van der Waals surface area (Å²) < 4.78 is 5.30. The van der Waals surface area contributed by atoms with Crippen LogP contribution >= 0.6 is 17.0 Å². The smallest absolute Gasteiger partial charge is 0.124 e. The Bertz CT molecular complexity index is 262. The zero-order chi connectivity index (χ0) is 6.97. The molecule has 0 atom stereocenters. The molecule has 1 aliphatic rings. The molecular weight excluding hydrogens is 206 g/mol. The van der Waals surface area contributed by atoms with Crippen LogP contribution in [-0.2, 0) is 6.42 Å². The van der Waals surface area contributed by atoms with Crippen LogP contribution in [-0.4, -0.2) is 6.61 Å². The van der Waals surface area contributed by atoms with Crippen LogP contribution in [0.5, 0.6) is 5.75 Å². The number of benzene rings is 1. The van der Waals surface area contributed by atoms with Crippen molar-refractivity contribution in [2.75, 3.05) is 12.3 Å². The maximum absolute atomic E-state index is 5.69. The minimum Gasteiger partial charge on any atom is -0.493 e. The number of nitrogen functional groups attached to an aromatic ring is 1. The zero-order valence-electron chi connectivity index (χ0n) is 6.04. The van der Waals surface area contributed by atoms with Gasteiger partial charge in [-0.05, 0) is 12.1 Å². The Morgan fingerprint density at radius 1 is 1.36 bits per heavy atom. The number of hydrogen-bond acceptors (Lipinski definition) is 2. The van der Waals surface area contributed by atoms with Gasteiger partial charge in [0.15, 0.2) is 0 Å². The fourth-order valence-corrected chi connectivity index (χ4v) is 1.25. The molecule has 1 heterocycles. The number of rotatable bonds is 0. The van der Waals surface area contributed by atoms with Crippen LogP contribution in [0, 0.1) is 0 Å². The quantitative estimate of drug-likeness (QED) is 0.671. The van der Waals surface area contributed by atoms with Gasteiger partial charge in [0, 0.05) is 17.7 Å². The van der Waals surface area contributed by atoms with Gasteiger partial charge in [-0.25, -0.2) is 0 Å². The summed E-state index contributed by atoms with van der Waals surface area (Å²) in [4.78, 5) is 0. The number of halogens is 1. The van der Waals surface area contributed by atoms with Crippen molar-refractivity contribution in [1.29, 1.82) is 0 Å². The second kappa shape index (κ2) is 3.13. The number of fused-ring (bicyclic) bond motifs is 1. The predicted octanol–water partition coefficient (Wildman–Crippen LogP) is 1.78. The van der Waals surface area contributed by atoms with E-state index in [1.165, 1.54) is 5.56 Å². The molecule has 0 amide bonds. The maximum Gasteiger partial charge on any atom is 0.124 e. The van der Waals surface area contributed by atoms with Crippen LogP contribution in [0.2, 0.25) is 0 Å². The fourth-order valence-electron chi connectivity index (χ4n) is 1.25. The molecule has 0 aliphatic carbocycles. The molecule has 0 spiro atoms. The average Bonchev–Trinajstić information content (AvgIpc) is 2.36. The summed E-state index contributed by atoms with van der Waals surface area (Å²) in [6.07, 6.45) is 0.960. The van der Waals surface area contributed by atoms with E-state index in [1.807, 2.05) is 18.2 Å². The first kappa shape index (κ1) is 8.40. The minimum absolute atomic E-state index is 0. The van der Waals surface area contributed by atoms with Crippen molar-refractivity contribution >= 4 is 22.7 Å². The van der Waals surface area contributed by atoms with E-state index < -0.39 is 0 Å². The van der Waals surface area contributed by atoms with Crippen molar-refractivity contribution in [2.24, 2.45) is 0 Å². The van der Waals surface area contributed by atoms with Gasteiger partial charge in [0.25, 0.3) is 0 Å². The highest BCUT2D eigenvalue weighted by Crippen LogP contribution is 2.29. The van der Waals surface area contributed by atoms with E-state index in [0.29, 0.717) is 0 Å². The molecule has 0 bridgehead atoms. The second-order valence-electron chi connectivity index (χ2n) is 2.42. The van der Waals surface area contributed by atoms with Crippen LogP contribution in [0.4, 0.5) is 5.69 Å². The van der Waals surface area contributed by atoms with Gasteiger partial charge in [-0.2, -0.15) is 0 Å². The molecule has 0 fully saturated rings. The zero-order valence-corrected chi connectivity index (χ0v) is 7.75. The summed E-state index contributed by atoms with van der Waals surface area (Å²) >= 11 is 0. The van der Waals surface area contributed by atoms with Crippen molar-refractivity contribution in [2.45, 2.75) is 6.42 Å². The third kappa shape index (κ3) is 1.33. The number of anilines is 1. The molecule has 60 valence electrons. The number of nitrogens with two attached hydrogens (primary N) is 1. The van der Waals surface area contributed by atoms with Gasteiger partial charge in [-0.1, -0.05) is 6.07 Å². The van der Waals surface area contributed by atoms with E-state index in [4.69, 9.17) is 10.5 Å². The van der Waals surface area contributed by atoms with Crippen molar-refractivity contribution < 1.29 is 4.74 Å². The Morgan fingerprint density at radius 2 is 2.18 bits per heavy atom. The molecule has 1 aromatic rings. The maximum atomic E-state index is 5.69. The summed E-state index contributed by atoms with van der Waals surface area (Å²) in [6, 6.07) is 5.78. The molecule has 0 saturated heterocycles. The van der Waals surface area contributed by atoms with E-state index in [0.717, 1.165) is 24.5 Å². The molecular formula is C8H10BrNO. The SMILES string of the molecule is Br.Nc1cccc2c1CCO2. The van der Waals surface area contributed by atoms with Crippen molar-refractivity contribution in [3.63, 3.8) is 0 Å². The first-order valence-electron chi connectivity index (χ1n) is 3.38. The molecule has 0 unspecified atom stereocenters. The first-order valence-corrected chi connectivity index (χ1v) is 3.38. The van der Waals surface area contributed by atoms with Gasteiger partial charge in [0.1, 0.15) is 5.75 Å². The van der Waals surface area contributed by atoms with Crippen molar-refractivity contribution in [3.05, 3.63) is 23.8 Å². The summed E-state index contributed by atoms with van der Waals surface area (Å²) in [7, 11) is 0. The normalized spacial score (nSPS) is 13.1. The first-order chi connectivity index (χ1) is 4.88. The third-order valence-corrected chi connectivity index (χ3v) is 1.78. The lowest BCUT2D eigenvalue weighted by Gasteiger charge is -1.99. The molecule has 0 aromatic heterocycles. The monoisotopic (exact) mass is 215 g/mol. The van der Waals surface area contributed by atoms with E-state index >= 15 is 0 Å². The van der Waals surface area contributed by atoms with Crippen LogP contribution in [0.15, 0.2) is 18.2 Å². The highest BCUT2D eigenvalue weighted by Gasteiger charge is 2.12. The summed E-state index contributed by atoms with van der Waals surface area (Å²) in [5.41, 5.74) is 7.72. The lowest BCUT2D eigenvalue weighted by molar-refractivity contribution is 0.357. The van der Waals surface area contributed by atoms with Crippen LogP contribution < -0.4 is 10.5 Å². The standard InChI is InChI=1S/C8H9NO.BrH/c9-7-2-1-3-8-6(7)4-5-10-8;/h1-3H,4-5,9H2;1H. The van der Waals surface area contributed by atoms with Crippen LogP contribution in [0.3, 0.4) is 0 Å². The van der Waals surface area contributed by atoms with Crippen molar-refractivity contribution in [1.82, 2.24) is 0 Å². The van der Waals surface area contributed by atoms with Gasteiger partial charge in [-0.15, -0.1) is 17.0 Å². The number of hydrogen-bond donors (Lipinski definition) is 1. The van der Waals surface area contributed by atoms with Gasteiger partial charge < -0.3 is 10.5 Å². The van der Waals surface area contributed by atoms with Gasteiger partial charge in [-0.3, -0.25) is 0 Å². The molecule has 1 aromatic carbocycles. The van der Waals surface area contributed by atoms with E-state index in [-0.39, 0.29) is 17.0 Å². The summed E-state index contributed by atoms with van der Waals surface area (Å²) in [5, 5.41) is 0. The average molecular weight is 216 g/mol. The predicted molar refractivity (Wildman–Crippen MR) is 50.4 cm³/mol. The summed E-state index contributed by atoms with van der Waals surface area (Å²) in [5.74, 6) is 0.958. The molecule has 11 heavy (non-hydrogen) atoms. The fraction of sp³-hybridized carbons (Fsp3) is 0.250. The Balaban J connectivity index is 0.000000605. The minimum atomic E-state index is 0. The molecule has 2 nitrogen and oxygen atoms in total. The summed E-state index contributed by atoms with van der Waals surface area (Å²) in [6.45, 7) is 0.781. The molecule has 2 rings (SSSR count). The van der Waals surface area contributed by atoms with E-state index in [2.05, 4.69) is 0 Å². The second-order valence-corrected chi connectivity index (χ2v) is 2.42. The van der Waals surface area contributed by atoms with E-state index in [1.54, 1.807) is 0 Å². The Kier molecular flexibility index (Phi) is 2.39. The largest absolute Gasteiger partial charge is 0.493 e.